The molecule has 12 rings (SSSR count). The number of likely N-dealkylation sites (tertiary alicyclic amines) is 4. The van der Waals surface area contributed by atoms with Gasteiger partial charge in [0.05, 0.1) is 168 Å². The number of amides is 8. The molecule has 4 aromatic rings. The number of nitrogens with one attached hydrogen (secondary N) is 3. The van der Waals surface area contributed by atoms with Crippen molar-refractivity contribution in [2.75, 3.05) is 199 Å². The van der Waals surface area contributed by atoms with E-state index in [2.05, 4.69) is 35.0 Å². The summed E-state index contributed by atoms with van der Waals surface area (Å²) >= 11 is 53.8. The van der Waals surface area contributed by atoms with Crippen LogP contribution in [0.4, 0.5) is 19.2 Å². The lowest BCUT2D eigenvalue weighted by Crippen LogP contribution is -2.68. The van der Waals surface area contributed by atoms with E-state index in [4.69, 9.17) is 154 Å². The van der Waals surface area contributed by atoms with Crippen LogP contribution in [-0.4, -0.2) is 430 Å². The molecule has 0 radical (unpaired) electrons. The molecule has 10 atom stereocenters. The summed E-state index contributed by atoms with van der Waals surface area (Å²) in [4.78, 5) is 183. The minimum absolute atomic E-state index is 0.0109. The zero-order valence-corrected chi connectivity index (χ0v) is 87.6. The van der Waals surface area contributed by atoms with Crippen molar-refractivity contribution in [3.05, 3.63) is 135 Å². The Balaban J connectivity index is 0.000000213. The fraction of sp³-hybridized carbons (Fsp3) is 0.587. The van der Waals surface area contributed by atoms with E-state index in [1.165, 1.54) is 48.0 Å². The molecule has 8 fully saturated rings. The molecule has 8 amide bonds. The number of carbonyl (C=O) groups excluding carboxylic acids is 9. The van der Waals surface area contributed by atoms with Gasteiger partial charge in [-0.15, -0.1) is 0 Å². The number of methoxy groups -OCH3 is 4. The standard InChI is InChI=1S/C25H33Cl2N5O7S.C24H32Cl2N4O7.C22H29Cl2N3O6.C21H30Cl2N4O5S/c1-39-25(38)32-9-8-31(21(33)11-15-4-5-16(26)17(27)10-15)20(14-30-6-2-3-7-30)19(32)13-28-24(40)29-18(23(36)37)12-22(34)35;1-36-24(35)30-9-8-29(21(31)11-15-4-5-16(25)17(26)10-15)19(13-28-6-2-3-7-28)20(30)14-37-23(34)18(27)12-22(32)33;1-32-22(31)27-11-16(10-25-6-2-3-7-25)26(12-17(27)13-33-14-21(29)30)20(28)9-15-4-5-18(23)19(24)8-15;1-32-21(29)27-10-9-26(20(28)12-15-5-6-16(22)17(23)11-15)19(14-25-7-3-4-8-25)18(27)13-24-33(2,30)31/h4-5,10,18-20H,2-3,6-9,11-14H2,1H3,(H,34,35)(H,36,37)(H2,28,29,40);4-5,10,18-20H,2-3,6-9,11-14,27H2,1H3,(H,32,33);4-5,8,16-17H,2-3,6-7,9-14H2,1H3,(H,29,30);5-6,11,18-19,24H,3-4,7-10,12-14H2,1-2H3/t18-,19-,20+;18-,19+,20-;16-,17+;18-,19+/m0010/s1. The molecule has 8 aliphatic heterocycles. The van der Waals surface area contributed by atoms with Crippen LogP contribution < -0.4 is 21.1 Å². The largest absolute Gasteiger partial charge is 0.481 e. The second kappa shape index (κ2) is 57.3. The summed E-state index contributed by atoms with van der Waals surface area (Å²) in [5, 5.41) is 44.6. The van der Waals surface area contributed by atoms with Crippen LogP contribution in [0.2, 0.25) is 40.2 Å². The summed E-state index contributed by atoms with van der Waals surface area (Å²) in [5.41, 5.74) is 8.52. The van der Waals surface area contributed by atoms with Gasteiger partial charge in [0.25, 0.3) is 0 Å². The highest BCUT2D eigenvalue weighted by atomic mass is 35.5. The third-order valence-electron chi connectivity index (χ3n) is 25.7. The van der Waals surface area contributed by atoms with E-state index < -0.39 is 138 Å². The maximum absolute atomic E-state index is 13.6. The smallest absolute Gasteiger partial charge is 0.409 e. The molecule has 9 N–H and O–H groups in total. The molecule has 8 aliphatic rings. The number of halogens is 8. The topological polar surface area (TPSA) is 493 Å². The number of ether oxygens (including phenoxy) is 6. The maximum atomic E-state index is 13.6. The molecule has 790 valence electrons. The summed E-state index contributed by atoms with van der Waals surface area (Å²) in [6, 6.07) is 13.5. The summed E-state index contributed by atoms with van der Waals surface area (Å²) in [6.07, 6.45) is 6.42. The average molecular weight is 2200 g/mol. The van der Waals surface area contributed by atoms with Crippen LogP contribution in [0.5, 0.6) is 0 Å². The third kappa shape index (κ3) is 35.9. The minimum atomic E-state index is -3.50. The molecule has 51 heteroatoms. The number of carboxylic acids is 4. The fourth-order valence-corrected chi connectivity index (χ4v) is 20.6. The van der Waals surface area contributed by atoms with Crippen molar-refractivity contribution in [1.82, 2.24) is 74.2 Å². The lowest BCUT2D eigenvalue weighted by Gasteiger charge is -2.48. The Bertz CT molecular complexity index is 5210. The summed E-state index contributed by atoms with van der Waals surface area (Å²) < 4.78 is 56.7. The first kappa shape index (κ1) is 117. The molecule has 0 unspecified atom stereocenters. The number of carboxylic acid groups (broad SMARTS) is 4. The number of sulfonamides is 1. The second-order valence-electron chi connectivity index (χ2n) is 35.6. The van der Waals surface area contributed by atoms with Gasteiger partial charge in [-0.05, 0) is 187 Å². The fourth-order valence-electron chi connectivity index (χ4n) is 18.6. The van der Waals surface area contributed by atoms with Gasteiger partial charge in [-0.3, -0.25) is 48.3 Å². The average Bonchev–Trinajstić information content (AvgIpc) is 1.79. The van der Waals surface area contributed by atoms with Gasteiger partial charge >= 0.3 is 54.2 Å². The molecule has 0 aromatic heterocycles. The Morgan fingerprint density at radius 3 is 1.06 bits per heavy atom. The number of rotatable bonds is 34. The molecule has 0 saturated carbocycles. The summed E-state index contributed by atoms with van der Waals surface area (Å²) in [7, 11) is 1.63. The lowest BCUT2D eigenvalue weighted by molar-refractivity contribution is -0.153. The number of esters is 1. The van der Waals surface area contributed by atoms with Crippen LogP contribution in [0.25, 0.3) is 0 Å². The van der Waals surface area contributed by atoms with Gasteiger partial charge < -0.3 is 109 Å². The number of nitrogens with two attached hydrogens (primary N) is 1. The molecular weight excluding hydrogens is 2080 g/mol. The lowest BCUT2D eigenvalue weighted by atomic mass is 9.99. The Labute approximate surface area is 875 Å². The van der Waals surface area contributed by atoms with Crippen molar-refractivity contribution in [2.24, 2.45) is 5.73 Å². The van der Waals surface area contributed by atoms with E-state index in [1.807, 2.05) is 0 Å². The predicted octanol–water partition coefficient (Wildman–Crippen LogP) is 7.51. The number of piperazine rings is 4. The first-order valence-corrected chi connectivity index (χ1v) is 51.9. The van der Waals surface area contributed by atoms with Gasteiger partial charge in [0.2, 0.25) is 33.7 Å². The van der Waals surface area contributed by atoms with Crippen molar-refractivity contribution in [1.29, 1.82) is 0 Å². The number of carbonyl (C=O) groups is 13. The number of thiocarbonyl (C=S) groups is 1. The van der Waals surface area contributed by atoms with Crippen LogP contribution >= 0.6 is 105 Å². The van der Waals surface area contributed by atoms with E-state index in [0.717, 1.165) is 121 Å². The highest BCUT2D eigenvalue weighted by Gasteiger charge is 2.48. The summed E-state index contributed by atoms with van der Waals surface area (Å²) in [5.74, 6) is -6.45. The Hall–Kier alpha value is -9.13. The number of hydrogen-bond donors (Lipinski definition) is 8. The number of aliphatic carboxylic acids is 4. The monoisotopic (exact) mass is 2200 g/mol. The molecule has 0 aliphatic carbocycles. The molecule has 41 nitrogen and oxygen atoms in total. The molecular formula is C92H124Cl8N16O25S2. The Kier molecular flexibility index (Phi) is 47.0. The molecule has 8 saturated heterocycles. The molecule has 0 bridgehead atoms. The Morgan fingerprint density at radius 1 is 0.399 bits per heavy atom. The van der Waals surface area contributed by atoms with Crippen LogP contribution in [-0.2, 0) is 107 Å². The van der Waals surface area contributed by atoms with Crippen molar-refractivity contribution in [2.45, 2.75) is 150 Å². The van der Waals surface area contributed by atoms with Crippen LogP contribution in [0.15, 0.2) is 72.8 Å². The van der Waals surface area contributed by atoms with E-state index >= 15 is 0 Å². The van der Waals surface area contributed by atoms with Gasteiger partial charge in [-0.1, -0.05) is 117 Å². The molecule has 4 aromatic carbocycles. The second-order valence-corrected chi connectivity index (χ2v) is 41.1. The van der Waals surface area contributed by atoms with E-state index in [1.54, 1.807) is 92.4 Å². The van der Waals surface area contributed by atoms with Crippen LogP contribution in [0.1, 0.15) is 86.5 Å². The zero-order valence-electron chi connectivity index (χ0n) is 79.9. The van der Waals surface area contributed by atoms with Crippen molar-refractivity contribution < 1.29 is 120 Å². The van der Waals surface area contributed by atoms with Crippen molar-refractivity contribution >= 4 is 198 Å². The minimum Gasteiger partial charge on any atom is -0.481 e. The highest BCUT2D eigenvalue weighted by molar-refractivity contribution is 7.88. The number of nitrogens with zero attached hydrogens (tertiary/aromatic N) is 12. The zero-order chi connectivity index (χ0) is 105. The Morgan fingerprint density at radius 2 is 0.720 bits per heavy atom. The third-order valence-corrected chi connectivity index (χ3v) is 29.6. The predicted molar refractivity (Wildman–Crippen MR) is 537 cm³/mol. The van der Waals surface area contributed by atoms with E-state index in [-0.39, 0.29) is 133 Å². The normalized spacial score (nSPS) is 21.0. The van der Waals surface area contributed by atoms with Crippen LogP contribution in [0.3, 0.4) is 0 Å². The number of benzene rings is 4. The summed E-state index contributed by atoms with van der Waals surface area (Å²) in [6.45, 7) is 10.5. The maximum Gasteiger partial charge on any atom is 0.409 e. The quantitative estimate of drug-likeness (QED) is 0.0127. The SMILES string of the molecule is COC(=O)N1CCN(C(=O)Cc2ccc(Cl)c(Cl)c2)[C@H](CN2CCCC2)[C@@H]1CNC(=S)N[C@@H](CC(=O)O)C(=O)O.COC(=O)N1CCN(C(=O)Cc2ccc(Cl)c(Cl)c2)[C@H](CN2CCCC2)[C@@H]1CNS(C)(=O)=O.COC(=O)N1CCN(C(=O)Cc2ccc(Cl)c(Cl)c2)[C@H](CN2CCCC2)[C@@H]1COC(=O)[C@@H](N)CC(=O)O.COC(=O)N1C[C@@H](CN2CCCC2)N(C(=O)Cc2ccc(Cl)c(Cl)c2)C[C@H]1COCC(=O)O. The molecule has 143 heavy (non-hydrogen) atoms. The first-order chi connectivity index (χ1) is 68.0. The van der Waals surface area contributed by atoms with Gasteiger partial charge in [-0.2, -0.15) is 0 Å². The van der Waals surface area contributed by atoms with Crippen molar-refractivity contribution in [3.63, 3.8) is 0 Å². The van der Waals surface area contributed by atoms with Crippen LogP contribution in [0, 0.1) is 0 Å². The van der Waals surface area contributed by atoms with E-state index in [0.29, 0.717) is 84.0 Å². The van der Waals surface area contributed by atoms with Gasteiger partial charge in [0.15, 0.2) is 5.11 Å². The molecule has 0 spiro atoms. The highest BCUT2D eigenvalue weighted by Crippen LogP contribution is 2.33. The van der Waals surface area contributed by atoms with Gasteiger partial charge in [0, 0.05) is 91.6 Å². The number of hydrogen-bond acceptors (Lipinski definition) is 27. The van der Waals surface area contributed by atoms with E-state index in [9.17, 15) is 75.9 Å². The first-order valence-electron chi connectivity index (χ1n) is 46.6. The van der Waals surface area contributed by atoms with Crippen molar-refractivity contribution in [3.8, 4) is 0 Å². The van der Waals surface area contributed by atoms with Gasteiger partial charge in [0.1, 0.15) is 25.3 Å². The molecule has 8 heterocycles. The van der Waals surface area contributed by atoms with Gasteiger partial charge in [-0.25, -0.2) is 41.9 Å².